The minimum atomic E-state index is -0.836. The van der Waals surface area contributed by atoms with E-state index in [0.717, 1.165) is 19.3 Å². The van der Waals surface area contributed by atoms with Crippen molar-refractivity contribution in [2.45, 2.75) is 77.9 Å². The molecule has 0 radical (unpaired) electrons. The average Bonchev–Trinajstić information content (AvgIpc) is 2.78. The third-order valence-electron chi connectivity index (χ3n) is 9.21. The highest BCUT2D eigenvalue weighted by Gasteiger charge is 2.70. The molecule has 4 aliphatic carbocycles. The van der Waals surface area contributed by atoms with Gasteiger partial charge in [-0.1, -0.05) is 13.8 Å². The molecule has 3 unspecified atom stereocenters. The number of fused-ring (bicyclic) bond motifs is 3. The Kier molecular flexibility index (Phi) is 3.49. The number of hydrogen-bond donors (Lipinski definition) is 3. The molecule has 4 heteroatoms. The number of aliphatic carboxylic acids is 1. The van der Waals surface area contributed by atoms with E-state index >= 15 is 0 Å². The molecule has 136 valence electrons. The van der Waals surface area contributed by atoms with Gasteiger partial charge in [0.2, 0.25) is 0 Å². The molecule has 2 bridgehead atoms. The molecule has 1 spiro atoms. The zero-order chi connectivity index (χ0) is 17.5. The summed E-state index contributed by atoms with van der Waals surface area (Å²) in [6, 6.07) is 0. The second kappa shape index (κ2) is 4.97. The van der Waals surface area contributed by atoms with Gasteiger partial charge in [0, 0.05) is 10.8 Å². The number of hydrogen-bond acceptors (Lipinski definition) is 3. The Balaban J connectivity index is 1.82. The quantitative estimate of drug-likeness (QED) is 0.688. The van der Waals surface area contributed by atoms with Crippen molar-refractivity contribution in [2.24, 2.45) is 39.9 Å². The molecule has 9 atom stereocenters. The van der Waals surface area contributed by atoms with E-state index in [-0.39, 0.29) is 22.7 Å². The van der Waals surface area contributed by atoms with Crippen LogP contribution in [-0.2, 0) is 4.79 Å². The van der Waals surface area contributed by atoms with Crippen molar-refractivity contribution in [3.63, 3.8) is 0 Å². The van der Waals surface area contributed by atoms with Crippen LogP contribution in [0.15, 0.2) is 0 Å². The van der Waals surface area contributed by atoms with Crippen molar-refractivity contribution >= 4 is 5.97 Å². The Hall–Kier alpha value is -0.610. The summed E-state index contributed by atoms with van der Waals surface area (Å²) in [4.78, 5) is 12.1. The average molecular weight is 336 g/mol. The Bertz CT molecular complexity index is 558. The van der Waals surface area contributed by atoms with Gasteiger partial charge < -0.3 is 15.3 Å². The van der Waals surface area contributed by atoms with E-state index in [4.69, 9.17) is 0 Å². The second-order valence-electron chi connectivity index (χ2n) is 9.96. The van der Waals surface area contributed by atoms with Crippen molar-refractivity contribution in [1.29, 1.82) is 0 Å². The van der Waals surface area contributed by atoms with E-state index in [9.17, 15) is 20.1 Å². The number of carboxylic acid groups (broad SMARTS) is 1. The fourth-order valence-electron chi connectivity index (χ4n) is 7.86. The monoisotopic (exact) mass is 336 g/mol. The topological polar surface area (TPSA) is 77.8 Å². The highest BCUT2D eigenvalue weighted by Crippen LogP contribution is 2.72. The lowest BCUT2D eigenvalue weighted by atomic mass is 9.39. The maximum Gasteiger partial charge on any atom is 0.309 e. The van der Waals surface area contributed by atoms with Crippen molar-refractivity contribution in [1.82, 2.24) is 0 Å². The van der Waals surface area contributed by atoms with Crippen LogP contribution in [0.1, 0.15) is 65.7 Å². The summed E-state index contributed by atoms with van der Waals surface area (Å²) in [5, 5.41) is 32.1. The van der Waals surface area contributed by atoms with Gasteiger partial charge in [-0.15, -0.1) is 0 Å². The van der Waals surface area contributed by atoms with Gasteiger partial charge >= 0.3 is 5.97 Å². The summed E-state index contributed by atoms with van der Waals surface area (Å²) in [7, 11) is 0. The van der Waals surface area contributed by atoms with Gasteiger partial charge in [0.05, 0.1) is 17.6 Å². The molecule has 0 aromatic carbocycles. The van der Waals surface area contributed by atoms with Gasteiger partial charge in [0.15, 0.2) is 0 Å². The molecule has 3 N–H and O–H groups in total. The van der Waals surface area contributed by atoms with Crippen LogP contribution in [0.4, 0.5) is 0 Å². The van der Waals surface area contributed by atoms with Gasteiger partial charge in [-0.2, -0.15) is 0 Å². The molecule has 4 rings (SSSR count). The van der Waals surface area contributed by atoms with Crippen LogP contribution in [0.5, 0.6) is 0 Å². The smallest absolute Gasteiger partial charge is 0.309 e. The molecular formula is C20H32O4. The van der Waals surface area contributed by atoms with E-state index in [1.165, 1.54) is 6.42 Å². The Labute approximate surface area is 144 Å². The third kappa shape index (κ3) is 1.79. The van der Waals surface area contributed by atoms with Crippen molar-refractivity contribution in [2.75, 3.05) is 0 Å². The Morgan fingerprint density at radius 1 is 1.00 bits per heavy atom. The lowest BCUT2D eigenvalue weighted by Gasteiger charge is -2.66. The molecule has 0 heterocycles. The molecule has 0 aromatic heterocycles. The first-order valence-corrected chi connectivity index (χ1v) is 9.76. The van der Waals surface area contributed by atoms with Gasteiger partial charge in [-0.3, -0.25) is 4.79 Å². The van der Waals surface area contributed by atoms with Gasteiger partial charge in [-0.05, 0) is 75.5 Å². The first-order valence-electron chi connectivity index (χ1n) is 9.76. The maximum atomic E-state index is 12.1. The van der Waals surface area contributed by atoms with Crippen LogP contribution in [0.3, 0.4) is 0 Å². The SMILES string of the molecule is C[C@@H]1C[C@@]23C[C@H]1CC[C@@H]2[C@@]1(C)C(O)CCC(C)(C(=O)O)[C@@H]1CC3O. The van der Waals surface area contributed by atoms with Crippen LogP contribution in [0.2, 0.25) is 0 Å². The second-order valence-corrected chi connectivity index (χ2v) is 9.96. The van der Waals surface area contributed by atoms with Crippen LogP contribution >= 0.6 is 0 Å². The summed E-state index contributed by atoms with van der Waals surface area (Å²) < 4.78 is 0. The van der Waals surface area contributed by atoms with E-state index in [2.05, 4.69) is 13.8 Å². The van der Waals surface area contributed by atoms with Crippen LogP contribution in [0, 0.1) is 39.9 Å². The Morgan fingerprint density at radius 3 is 2.38 bits per heavy atom. The number of carboxylic acids is 1. The highest BCUT2D eigenvalue weighted by molar-refractivity contribution is 5.75. The predicted molar refractivity (Wildman–Crippen MR) is 90.2 cm³/mol. The molecule has 4 aliphatic rings. The number of aliphatic hydroxyl groups excluding tert-OH is 2. The molecule has 24 heavy (non-hydrogen) atoms. The first kappa shape index (κ1) is 16.8. The van der Waals surface area contributed by atoms with Crippen LogP contribution in [0.25, 0.3) is 0 Å². The Morgan fingerprint density at radius 2 is 1.71 bits per heavy atom. The molecule has 0 aliphatic heterocycles. The largest absolute Gasteiger partial charge is 0.481 e. The zero-order valence-corrected chi connectivity index (χ0v) is 15.2. The fraction of sp³-hybridized carbons (Fsp3) is 0.950. The molecule has 0 amide bonds. The van der Waals surface area contributed by atoms with E-state index in [1.807, 2.05) is 6.92 Å². The molecule has 4 nitrogen and oxygen atoms in total. The van der Waals surface area contributed by atoms with Gasteiger partial charge in [-0.25, -0.2) is 0 Å². The maximum absolute atomic E-state index is 12.1. The summed E-state index contributed by atoms with van der Waals surface area (Å²) >= 11 is 0. The summed E-state index contributed by atoms with van der Waals surface area (Å²) in [6.45, 7) is 6.30. The molecule has 0 saturated heterocycles. The lowest BCUT2D eigenvalue weighted by Crippen LogP contribution is -2.66. The standard InChI is InChI=1S/C20H32O4/c1-11-9-20-10-12(11)4-5-13(20)19(3)14(8-16(20)22)18(2,17(23)24)7-6-15(19)21/h11-16,21-22H,4-10H2,1-3H3,(H,23,24)/t11-,12-,13-,14+,15?,16?,18?,19-,20-/m1/s1. The highest BCUT2D eigenvalue weighted by atomic mass is 16.4. The molecule has 0 aromatic rings. The minimum absolute atomic E-state index is 0.0919. The van der Waals surface area contributed by atoms with E-state index in [1.54, 1.807) is 0 Å². The number of carbonyl (C=O) groups is 1. The third-order valence-corrected chi connectivity index (χ3v) is 9.21. The fourth-order valence-corrected chi connectivity index (χ4v) is 7.86. The minimum Gasteiger partial charge on any atom is -0.481 e. The van der Waals surface area contributed by atoms with Crippen molar-refractivity contribution in [3.05, 3.63) is 0 Å². The molecule has 4 saturated carbocycles. The van der Waals surface area contributed by atoms with Crippen LogP contribution in [-0.4, -0.2) is 33.5 Å². The summed E-state index contributed by atoms with van der Waals surface area (Å²) in [6.07, 6.45) is 5.06. The molecule has 4 fully saturated rings. The van der Waals surface area contributed by atoms with E-state index < -0.39 is 23.6 Å². The zero-order valence-electron chi connectivity index (χ0n) is 15.2. The van der Waals surface area contributed by atoms with Crippen molar-refractivity contribution < 1.29 is 20.1 Å². The number of rotatable bonds is 1. The van der Waals surface area contributed by atoms with Crippen LogP contribution < -0.4 is 0 Å². The molecular weight excluding hydrogens is 304 g/mol. The first-order chi connectivity index (χ1) is 11.2. The predicted octanol–water partition coefficient (Wildman–Crippen LogP) is 3.06. The van der Waals surface area contributed by atoms with Gasteiger partial charge in [0.1, 0.15) is 0 Å². The summed E-state index contributed by atoms with van der Waals surface area (Å²) in [5.74, 6) is 0.666. The number of aliphatic hydroxyl groups is 2. The normalized spacial score (nSPS) is 59.5. The lowest BCUT2D eigenvalue weighted by molar-refractivity contribution is -0.239. The summed E-state index contributed by atoms with van der Waals surface area (Å²) in [5.41, 5.74) is -1.32. The van der Waals surface area contributed by atoms with Crippen molar-refractivity contribution in [3.8, 4) is 0 Å². The van der Waals surface area contributed by atoms with Gasteiger partial charge in [0.25, 0.3) is 0 Å². The van der Waals surface area contributed by atoms with E-state index in [0.29, 0.717) is 31.1 Å².